The monoisotopic (exact) mass is 465 g/mol. The Morgan fingerprint density at radius 1 is 1.18 bits per heavy atom. The van der Waals surface area contributed by atoms with Crippen molar-refractivity contribution in [3.05, 3.63) is 83.4 Å². The zero-order valence-corrected chi connectivity index (χ0v) is 17.4. The van der Waals surface area contributed by atoms with E-state index >= 15 is 0 Å². The summed E-state index contributed by atoms with van der Waals surface area (Å²) in [4.78, 5) is 27.2. The molecule has 0 saturated carbocycles. The minimum Gasteiger partial charge on any atom is -0.478 e. The van der Waals surface area contributed by atoms with Crippen LogP contribution in [0.2, 0.25) is 0 Å². The van der Waals surface area contributed by atoms with E-state index in [2.05, 4.69) is 30.2 Å². The van der Waals surface area contributed by atoms with Gasteiger partial charge < -0.3 is 10.4 Å². The van der Waals surface area contributed by atoms with Crippen molar-refractivity contribution in [3.8, 4) is 16.9 Å². The molecule has 9 nitrogen and oxygen atoms in total. The second-order valence-corrected chi connectivity index (χ2v) is 7.07. The Morgan fingerprint density at radius 3 is 2.65 bits per heavy atom. The second kappa shape index (κ2) is 8.62. The van der Waals surface area contributed by atoms with Gasteiger partial charge in [0, 0.05) is 41.1 Å². The molecule has 0 spiro atoms. The molecule has 2 N–H and O–H groups in total. The predicted molar refractivity (Wildman–Crippen MR) is 115 cm³/mol. The van der Waals surface area contributed by atoms with Crippen LogP contribution in [0, 0.1) is 13.5 Å². The molecule has 0 fully saturated rings. The molecular weight excluding hydrogens is 451 g/mol. The van der Waals surface area contributed by atoms with Crippen LogP contribution in [0.25, 0.3) is 21.8 Å². The van der Waals surface area contributed by atoms with E-state index in [0.29, 0.717) is 11.4 Å². The summed E-state index contributed by atoms with van der Waals surface area (Å²) in [5, 5.41) is 15.9. The van der Waals surface area contributed by atoms with Crippen molar-refractivity contribution in [1.29, 1.82) is 0 Å². The summed E-state index contributed by atoms with van der Waals surface area (Å²) in [7, 11) is 0. The fourth-order valence-corrected chi connectivity index (χ4v) is 3.11. The molecule has 1 aromatic carbocycles. The van der Waals surface area contributed by atoms with Gasteiger partial charge in [0.05, 0.1) is 12.1 Å². The maximum Gasteiger partial charge on any atom is 0.435 e. The molecule has 4 rings (SSSR count). The van der Waals surface area contributed by atoms with Crippen LogP contribution < -0.4 is 5.32 Å². The lowest BCUT2D eigenvalue weighted by atomic mass is 10.1. The number of carbonyl (C=O) groups is 1. The van der Waals surface area contributed by atoms with Crippen LogP contribution in [0.1, 0.15) is 21.7 Å². The number of aryl methyl sites for hydroxylation is 1. The molecule has 170 valence electrons. The highest BCUT2D eigenvalue weighted by molar-refractivity contribution is 5.89. The number of anilines is 2. The van der Waals surface area contributed by atoms with E-state index in [4.69, 9.17) is 6.57 Å². The molecular formula is C22H14F3N7O2. The van der Waals surface area contributed by atoms with Crippen LogP contribution in [0.3, 0.4) is 0 Å². The molecule has 0 bridgehead atoms. The Labute approximate surface area is 190 Å². The van der Waals surface area contributed by atoms with Gasteiger partial charge in [-0.3, -0.25) is 4.98 Å². The van der Waals surface area contributed by atoms with Gasteiger partial charge in [0.2, 0.25) is 5.95 Å². The lowest BCUT2D eigenvalue weighted by Gasteiger charge is -2.13. The number of pyridine rings is 1. The van der Waals surface area contributed by atoms with Crippen molar-refractivity contribution in [2.45, 2.75) is 13.1 Å². The summed E-state index contributed by atoms with van der Waals surface area (Å²) >= 11 is 0. The molecule has 0 radical (unpaired) electrons. The molecule has 34 heavy (non-hydrogen) atoms. The number of aromatic carboxylic acids is 1. The summed E-state index contributed by atoms with van der Waals surface area (Å²) in [5.41, 5.74) is 0.290. The maximum absolute atomic E-state index is 13.3. The number of hydrogen-bond donors (Lipinski definition) is 2. The van der Waals surface area contributed by atoms with Gasteiger partial charge in [0.25, 0.3) is 0 Å². The number of hydrogen-bond acceptors (Lipinski definition) is 6. The third-order valence-electron chi connectivity index (χ3n) is 4.67. The van der Waals surface area contributed by atoms with Gasteiger partial charge in [-0.1, -0.05) is 12.1 Å². The Morgan fingerprint density at radius 2 is 1.97 bits per heavy atom. The summed E-state index contributed by atoms with van der Waals surface area (Å²) in [5.74, 6) is -1.20. The van der Waals surface area contributed by atoms with E-state index < -0.39 is 17.8 Å². The van der Waals surface area contributed by atoms with Gasteiger partial charge in [-0.2, -0.15) is 23.3 Å². The van der Waals surface area contributed by atoms with E-state index in [1.165, 1.54) is 25.4 Å². The molecule has 0 amide bonds. The molecule has 0 saturated heterocycles. The summed E-state index contributed by atoms with van der Waals surface area (Å²) in [6.45, 7) is 8.57. The number of halogens is 3. The van der Waals surface area contributed by atoms with E-state index in [1.54, 1.807) is 24.3 Å². The summed E-state index contributed by atoms with van der Waals surface area (Å²) < 4.78 is 40.8. The molecule has 0 aliphatic carbocycles. The van der Waals surface area contributed by atoms with Gasteiger partial charge >= 0.3 is 12.1 Å². The summed E-state index contributed by atoms with van der Waals surface area (Å²) in [6.07, 6.45) is -0.840. The van der Waals surface area contributed by atoms with Crippen LogP contribution >= 0.6 is 0 Å². The molecule has 12 heteroatoms. The third-order valence-corrected chi connectivity index (χ3v) is 4.67. The van der Waals surface area contributed by atoms with Crippen molar-refractivity contribution < 1.29 is 23.1 Å². The minimum atomic E-state index is -4.67. The number of carboxylic acid groups (broad SMARTS) is 1. The largest absolute Gasteiger partial charge is 0.478 e. The van der Waals surface area contributed by atoms with Gasteiger partial charge in [-0.15, -0.1) is 0 Å². The van der Waals surface area contributed by atoms with Gasteiger partial charge in [0.15, 0.2) is 17.2 Å². The molecule has 0 aliphatic heterocycles. The fraction of sp³-hybridized carbons (Fsp3) is 0.0909. The number of alkyl halides is 3. The van der Waals surface area contributed by atoms with Crippen molar-refractivity contribution >= 4 is 23.3 Å². The normalized spacial score (nSPS) is 11.1. The van der Waals surface area contributed by atoms with Gasteiger partial charge in [-0.25, -0.2) is 19.3 Å². The van der Waals surface area contributed by atoms with Crippen molar-refractivity contribution in [1.82, 2.24) is 24.7 Å². The van der Waals surface area contributed by atoms with E-state index in [1.807, 2.05) is 0 Å². The van der Waals surface area contributed by atoms with Crippen LogP contribution in [0.4, 0.5) is 30.5 Å². The first-order valence-corrected chi connectivity index (χ1v) is 9.60. The third kappa shape index (κ3) is 4.53. The fourth-order valence-electron chi connectivity index (χ4n) is 3.11. The Bertz CT molecular complexity index is 1440. The second-order valence-electron chi connectivity index (χ2n) is 7.07. The first-order chi connectivity index (χ1) is 16.2. The van der Waals surface area contributed by atoms with E-state index in [-0.39, 0.29) is 34.2 Å². The minimum absolute atomic E-state index is 0.0174. The molecule has 0 atom stereocenters. The molecule has 3 heterocycles. The number of aromatic nitrogens is 5. The quantitative estimate of drug-likeness (QED) is 0.397. The average Bonchev–Trinajstić information content (AvgIpc) is 3.21. The number of rotatable bonds is 5. The number of nitrogens with zero attached hydrogens (tertiary/aromatic N) is 6. The standard InChI is InChI=1S/C22H14F3N7O2/c1-12-6-18(22(23,24)25)31-32(12)19-17(13-7-14(20(33)34)10-27-9-13)11-28-21(30-19)29-16-5-3-4-15(8-16)26-2/h3-11H,1H3,(H,33,34)(H,28,29,30). The maximum atomic E-state index is 13.3. The van der Waals surface area contributed by atoms with Gasteiger partial charge in [0.1, 0.15) is 0 Å². The lowest BCUT2D eigenvalue weighted by Crippen LogP contribution is -2.11. The Balaban J connectivity index is 1.87. The zero-order chi connectivity index (χ0) is 24.5. The van der Waals surface area contributed by atoms with Crippen LogP contribution in [0.5, 0.6) is 0 Å². The topological polar surface area (TPSA) is 110 Å². The lowest BCUT2D eigenvalue weighted by molar-refractivity contribution is -0.141. The predicted octanol–water partition coefficient (Wildman–Crippen LogP) is 5.04. The van der Waals surface area contributed by atoms with Crippen LogP contribution in [-0.2, 0) is 6.18 Å². The van der Waals surface area contributed by atoms with Crippen LogP contribution in [-0.4, -0.2) is 35.8 Å². The average molecular weight is 465 g/mol. The Kier molecular flexibility index (Phi) is 5.68. The summed E-state index contributed by atoms with van der Waals surface area (Å²) in [6, 6.07) is 8.69. The molecule has 0 unspecified atom stereocenters. The first kappa shape index (κ1) is 22.4. The van der Waals surface area contributed by atoms with Crippen molar-refractivity contribution in [3.63, 3.8) is 0 Å². The highest BCUT2D eigenvalue weighted by Crippen LogP contribution is 2.32. The molecule has 0 aliphatic rings. The highest BCUT2D eigenvalue weighted by Gasteiger charge is 2.35. The molecule has 3 aromatic heterocycles. The SMILES string of the molecule is [C-]#[N+]c1cccc(Nc2ncc(-c3cncc(C(=O)O)c3)c(-n3nc(C(F)(F)F)cc3C)n2)c1. The zero-order valence-electron chi connectivity index (χ0n) is 17.4. The van der Waals surface area contributed by atoms with Crippen molar-refractivity contribution in [2.24, 2.45) is 0 Å². The van der Waals surface area contributed by atoms with Crippen molar-refractivity contribution in [2.75, 3.05) is 5.32 Å². The number of carboxylic acids is 1. The van der Waals surface area contributed by atoms with E-state index in [9.17, 15) is 23.1 Å². The van der Waals surface area contributed by atoms with E-state index in [0.717, 1.165) is 16.9 Å². The highest BCUT2D eigenvalue weighted by atomic mass is 19.4. The van der Waals surface area contributed by atoms with Gasteiger partial charge in [-0.05, 0) is 31.2 Å². The number of benzene rings is 1. The molecule has 4 aromatic rings. The van der Waals surface area contributed by atoms with Crippen LogP contribution in [0.15, 0.2) is 55.0 Å². The number of nitrogens with one attached hydrogen (secondary N) is 1. The first-order valence-electron chi connectivity index (χ1n) is 9.60. The Hall–Kier alpha value is -4.79. The smallest absolute Gasteiger partial charge is 0.435 e.